The van der Waals surface area contributed by atoms with Crippen LogP contribution in [0, 0.1) is 0 Å². The molecule has 1 amide bonds. The van der Waals surface area contributed by atoms with E-state index in [4.69, 9.17) is 11.6 Å². The van der Waals surface area contributed by atoms with Crippen LogP contribution in [0.2, 0.25) is 5.02 Å². The van der Waals surface area contributed by atoms with Gasteiger partial charge in [0.25, 0.3) is 5.91 Å². The lowest BCUT2D eigenvalue weighted by molar-refractivity contribution is 0.0951. The topological polar surface area (TPSA) is 70.7 Å². The molecule has 2 heterocycles. The minimum Gasteiger partial charge on any atom is -0.348 e. The fourth-order valence-corrected chi connectivity index (χ4v) is 2.95. The Hall–Kier alpha value is -3.44. The van der Waals surface area contributed by atoms with E-state index < -0.39 is 0 Å². The third kappa shape index (κ3) is 4.10. The summed E-state index contributed by atoms with van der Waals surface area (Å²) in [5.74, 6) is -0.118. The van der Waals surface area contributed by atoms with Crippen LogP contribution in [0.1, 0.15) is 15.9 Å². The molecule has 0 unspecified atom stereocenters. The molecule has 2 N–H and O–H groups in total. The predicted molar refractivity (Wildman–Crippen MR) is 110 cm³/mol. The van der Waals surface area contributed by atoms with Crippen molar-refractivity contribution in [2.75, 3.05) is 0 Å². The van der Waals surface area contributed by atoms with Crippen molar-refractivity contribution in [2.24, 2.45) is 0 Å². The van der Waals surface area contributed by atoms with Crippen molar-refractivity contribution in [3.05, 3.63) is 95.3 Å². The number of hydrogen-bond acceptors (Lipinski definition) is 3. The summed E-state index contributed by atoms with van der Waals surface area (Å²) >= 11 is 5.94. The van der Waals surface area contributed by atoms with E-state index in [1.54, 1.807) is 24.5 Å². The molecule has 2 aromatic carbocycles. The normalized spacial score (nSPS) is 10.6. The number of H-pyrrole nitrogens is 1. The number of amides is 1. The van der Waals surface area contributed by atoms with Gasteiger partial charge in [0.1, 0.15) is 0 Å². The Labute approximate surface area is 167 Å². The Morgan fingerprint density at radius 2 is 1.61 bits per heavy atom. The molecule has 6 heteroatoms. The summed E-state index contributed by atoms with van der Waals surface area (Å²) in [6.45, 7) is 0.465. The van der Waals surface area contributed by atoms with Gasteiger partial charge in [-0.05, 0) is 53.6 Å². The molecule has 0 fully saturated rings. The van der Waals surface area contributed by atoms with Gasteiger partial charge in [0.05, 0.1) is 11.4 Å². The molecular weight excluding hydrogens is 372 g/mol. The van der Waals surface area contributed by atoms with Gasteiger partial charge >= 0.3 is 0 Å². The average Bonchev–Trinajstić information content (AvgIpc) is 3.24. The molecule has 0 bridgehead atoms. The maximum absolute atomic E-state index is 12.3. The van der Waals surface area contributed by atoms with Crippen LogP contribution in [0.4, 0.5) is 0 Å². The number of carbonyl (C=O) groups is 1. The lowest BCUT2D eigenvalue weighted by Crippen LogP contribution is -2.22. The van der Waals surface area contributed by atoms with Gasteiger partial charge in [-0.2, -0.15) is 5.10 Å². The van der Waals surface area contributed by atoms with Gasteiger partial charge in [-0.15, -0.1) is 0 Å². The van der Waals surface area contributed by atoms with Gasteiger partial charge in [-0.1, -0.05) is 35.9 Å². The van der Waals surface area contributed by atoms with E-state index >= 15 is 0 Å². The van der Waals surface area contributed by atoms with Crippen LogP contribution >= 0.6 is 11.6 Å². The van der Waals surface area contributed by atoms with E-state index in [9.17, 15) is 4.79 Å². The lowest BCUT2D eigenvalue weighted by Gasteiger charge is -2.05. The third-order valence-corrected chi connectivity index (χ3v) is 4.63. The van der Waals surface area contributed by atoms with Crippen molar-refractivity contribution in [3.63, 3.8) is 0 Å². The third-order valence-electron chi connectivity index (χ3n) is 4.38. The van der Waals surface area contributed by atoms with Gasteiger partial charge < -0.3 is 5.32 Å². The molecule has 4 rings (SSSR count). The maximum atomic E-state index is 12.3. The second-order valence-electron chi connectivity index (χ2n) is 6.29. The summed E-state index contributed by atoms with van der Waals surface area (Å²) in [6, 6.07) is 20.7. The van der Waals surface area contributed by atoms with Crippen LogP contribution in [0.3, 0.4) is 0 Å². The molecular formula is C22H17ClN4O. The zero-order valence-electron chi connectivity index (χ0n) is 14.9. The maximum Gasteiger partial charge on any atom is 0.251 e. The van der Waals surface area contributed by atoms with E-state index in [1.807, 2.05) is 54.6 Å². The fourth-order valence-electron chi connectivity index (χ4n) is 2.82. The number of aromatic nitrogens is 3. The van der Waals surface area contributed by atoms with Crippen molar-refractivity contribution >= 4 is 17.5 Å². The Kier molecular flexibility index (Phi) is 5.17. The minimum atomic E-state index is -0.118. The van der Waals surface area contributed by atoms with Crippen molar-refractivity contribution < 1.29 is 4.79 Å². The largest absolute Gasteiger partial charge is 0.348 e. The molecule has 0 aliphatic rings. The SMILES string of the molecule is O=C(NCc1ccncc1)c1ccc(-c2cc(-c3ccc(Cl)cc3)[nH]n2)cc1. The first-order chi connectivity index (χ1) is 13.7. The van der Waals surface area contributed by atoms with Crippen LogP contribution in [0.25, 0.3) is 22.5 Å². The monoisotopic (exact) mass is 388 g/mol. The van der Waals surface area contributed by atoms with Crippen LogP contribution in [0.15, 0.2) is 79.1 Å². The van der Waals surface area contributed by atoms with Crippen molar-refractivity contribution in [3.8, 4) is 22.5 Å². The molecule has 0 aliphatic heterocycles. The van der Waals surface area contributed by atoms with E-state index in [-0.39, 0.29) is 5.91 Å². The summed E-state index contributed by atoms with van der Waals surface area (Å²) in [5.41, 5.74) is 5.27. The van der Waals surface area contributed by atoms with Gasteiger partial charge in [0, 0.05) is 35.1 Å². The second kappa shape index (κ2) is 8.06. The number of rotatable bonds is 5. The van der Waals surface area contributed by atoms with E-state index in [0.29, 0.717) is 17.1 Å². The summed E-state index contributed by atoms with van der Waals surface area (Å²) in [4.78, 5) is 16.3. The molecule has 0 aliphatic carbocycles. The van der Waals surface area contributed by atoms with E-state index in [0.717, 1.165) is 28.1 Å². The van der Waals surface area contributed by atoms with Crippen LogP contribution < -0.4 is 5.32 Å². The Morgan fingerprint density at radius 3 is 2.32 bits per heavy atom. The zero-order chi connectivity index (χ0) is 19.3. The van der Waals surface area contributed by atoms with Crippen LogP contribution in [-0.2, 0) is 6.54 Å². The zero-order valence-corrected chi connectivity index (χ0v) is 15.6. The summed E-state index contributed by atoms with van der Waals surface area (Å²) in [6.07, 6.45) is 3.41. The Bertz CT molecular complexity index is 1070. The number of carbonyl (C=O) groups excluding carboxylic acids is 1. The highest BCUT2D eigenvalue weighted by Gasteiger charge is 2.09. The van der Waals surface area contributed by atoms with E-state index in [1.165, 1.54) is 0 Å². The number of nitrogens with one attached hydrogen (secondary N) is 2. The molecule has 0 radical (unpaired) electrons. The Morgan fingerprint density at radius 1 is 0.929 bits per heavy atom. The predicted octanol–water partition coefficient (Wildman–Crippen LogP) is 4.72. The first-order valence-electron chi connectivity index (χ1n) is 8.78. The van der Waals surface area contributed by atoms with Crippen LogP contribution in [-0.4, -0.2) is 21.1 Å². The summed E-state index contributed by atoms with van der Waals surface area (Å²) in [7, 11) is 0. The molecule has 138 valence electrons. The van der Waals surface area contributed by atoms with Crippen molar-refractivity contribution in [1.82, 2.24) is 20.5 Å². The second-order valence-corrected chi connectivity index (χ2v) is 6.73. The smallest absolute Gasteiger partial charge is 0.251 e. The molecule has 0 atom stereocenters. The molecule has 4 aromatic rings. The molecule has 2 aromatic heterocycles. The minimum absolute atomic E-state index is 0.118. The van der Waals surface area contributed by atoms with Crippen molar-refractivity contribution in [2.45, 2.75) is 6.54 Å². The lowest BCUT2D eigenvalue weighted by atomic mass is 10.1. The first kappa shape index (κ1) is 17.9. The standard InChI is InChI=1S/C22H17ClN4O/c23-19-7-5-17(6-8-19)21-13-20(26-27-21)16-1-3-18(4-2-16)22(28)25-14-15-9-11-24-12-10-15/h1-13H,14H2,(H,25,28)(H,26,27). The highest BCUT2D eigenvalue weighted by molar-refractivity contribution is 6.30. The Balaban J connectivity index is 1.44. The molecule has 0 spiro atoms. The summed E-state index contributed by atoms with van der Waals surface area (Å²) < 4.78 is 0. The summed E-state index contributed by atoms with van der Waals surface area (Å²) in [5, 5.41) is 11.0. The quantitative estimate of drug-likeness (QED) is 0.519. The highest BCUT2D eigenvalue weighted by Crippen LogP contribution is 2.25. The first-order valence-corrected chi connectivity index (χ1v) is 9.16. The molecule has 0 saturated carbocycles. The average molecular weight is 389 g/mol. The van der Waals surface area contributed by atoms with E-state index in [2.05, 4.69) is 20.5 Å². The van der Waals surface area contributed by atoms with Crippen LogP contribution in [0.5, 0.6) is 0 Å². The molecule has 0 saturated heterocycles. The van der Waals surface area contributed by atoms with Gasteiger partial charge in [0.15, 0.2) is 0 Å². The van der Waals surface area contributed by atoms with Crippen molar-refractivity contribution in [1.29, 1.82) is 0 Å². The van der Waals surface area contributed by atoms with Gasteiger partial charge in [-0.3, -0.25) is 14.9 Å². The molecule has 28 heavy (non-hydrogen) atoms. The number of pyridine rings is 1. The highest BCUT2D eigenvalue weighted by atomic mass is 35.5. The number of halogens is 1. The molecule has 5 nitrogen and oxygen atoms in total. The fraction of sp³-hybridized carbons (Fsp3) is 0.0455. The number of aromatic amines is 1. The van der Waals surface area contributed by atoms with Gasteiger partial charge in [-0.25, -0.2) is 0 Å². The number of benzene rings is 2. The number of nitrogens with zero attached hydrogens (tertiary/aromatic N) is 2. The van der Waals surface area contributed by atoms with Gasteiger partial charge in [0.2, 0.25) is 0 Å². The number of hydrogen-bond donors (Lipinski definition) is 2.